The van der Waals surface area contributed by atoms with Crippen LogP contribution in [-0.4, -0.2) is 12.5 Å². The molecular weight excluding hydrogens is 236 g/mol. The number of carbonyl (C=O) groups is 1. The Morgan fingerprint density at radius 3 is 2.42 bits per heavy atom. The Labute approximate surface area is 115 Å². The number of nitriles is 1. The van der Waals surface area contributed by atoms with Gasteiger partial charge in [0.1, 0.15) is 5.92 Å². The van der Waals surface area contributed by atoms with Crippen LogP contribution < -0.4 is 5.32 Å². The number of carbonyl (C=O) groups excluding carboxylic acids is 1. The van der Waals surface area contributed by atoms with E-state index in [2.05, 4.69) is 32.2 Å². The lowest BCUT2D eigenvalue weighted by atomic mass is 9.97. The molecule has 0 aliphatic carbocycles. The van der Waals surface area contributed by atoms with Gasteiger partial charge in [-0.05, 0) is 23.8 Å². The average Bonchev–Trinajstić information content (AvgIpc) is 2.42. The number of rotatable bonds is 6. The third-order valence-corrected chi connectivity index (χ3v) is 3.49. The summed E-state index contributed by atoms with van der Waals surface area (Å²) in [6.45, 7) is 6.98. The summed E-state index contributed by atoms with van der Waals surface area (Å²) in [6.07, 6.45) is 0.471. The molecule has 1 rings (SSSR count). The highest BCUT2D eigenvalue weighted by atomic mass is 16.1. The Bertz CT molecular complexity index is 434. The van der Waals surface area contributed by atoms with E-state index in [9.17, 15) is 4.79 Å². The number of amides is 1. The maximum absolute atomic E-state index is 12.0. The molecule has 1 aromatic carbocycles. The van der Waals surface area contributed by atoms with E-state index in [1.807, 2.05) is 30.3 Å². The summed E-state index contributed by atoms with van der Waals surface area (Å²) in [5, 5.41) is 12.0. The minimum Gasteiger partial charge on any atom is -0.355 e. The first-order chi connectivity index (χ1) is 9.04. The highest BCUT2D eigenvalue weighted by Crippen LogP contribution is 2.10. The largest absolute Gasteiger partial charge is 0.355 e. The van der Waals surface area contributed by atoms with E-state index in [4.69, 9.17) is 5.26 Å². The smallest absolute Gasteiger partial charge is 0.237 e. The number of hydrogen-bond donors (Lipinski definition) is 1. The first kappa shape index (κ1) is 15.2. The molecule has 1 N–H and O–H groups in total. The molecule has 0 spiro atoms. The summed E-state index contributed by atoms with van der Waals surface area (Å²) in [6, 6.07) is 11.7. The van der Waals surface area contributed by atoms with Crippen LogP contribution in [0, 0.1) is 29.1 Å². The van der Waals surface area contributed by atoms with Crippen LogP contribution in [0.5, 0.6) is 0 Å². The number of nitrogens with one attached hydrogen (secondary N) is 1. The Balaban J connectivity index is 2.51. The Hall–Kier alpha value is -1.82. The van der Waals surface area contributed by atoms with Crippen molar-refractivity contribution in [2.45, 2.75) is 27.2 Å². The Morgan fingerprint density at radius 2 is 1.89 bits per heavy atom. The minimum absolute atomic E-state index is 0.168. The van der Waals surface area contributed by atoms with Crippen molar-refractivity contribution in [3.63, 3.8) is 0 Å². The average molecular weight is 258 g/mol. The van der Waals surface area contributed by atoms with Gasteiger partial charge in [-0.15, -0.1) is 0 Å². The summed E-state index contributed by atoms with van der Waals surface area (Å²) >= 11 is 0. The van der Waals surface area contributed by atoms with Crippen molar-refractivity contribution in [2.75, 3.05) is 6.54 Å². The molecule has 19 heavy (non-hydrogen) atoms. The molecule has 0 heterocycles. The van der Waals surface area contributed by atoms with Gasteiger partial charge < -0.3 is 5.32 Å². The second-order valence-corrected chi connectivity index (χ2v) is 5.34. The highest BCUT2D eigenvalue weighted by Gasteiger charge is 2.19. The van der Waals surface area contributed by atoms with Crippen molar-refractivity contribution in [3.05, 3.63) is 35.9 Å². The summed E-state index contributed by atoms with van der Waals surface area (Å²) in [5.74, 6) is 0.163. The zero-order valence-electron chi connectivity index (χ0n) is 11.9. The first-order valence-corrected chi connectivity index (χ1v) is 6.75. The Morgan fingerprint density at radius 1 is 1.26 bits per heavy atom. The van der Waals surface area contributed by atoms with Crippen molar-refractivity contribution in [3.8, 4) is 6.07 Å². The lowest BCUT2D eigenvalue weighted by Gasteiger charge is -2.17. The van der Waals surface area contributed by atoms with Crippen molar-refractivity contribution in [1.82, 2.24) is 5.32 Å². The van der Waals surface area contributed by atoms with Gasteiger partial charge >= 0.3 is 0 Å². The highest BCUT2D eigenvalue weighted by molar-refractivity contribution is 5.81. The summed E-state index contributed by atoms with van der Waals surface area (Å²) in [4.78, 5) is 12.0. The van der Waals surface area contributed by atoms with E-state index >= 15 is 0 Å². The fraction of sp³-hybridized carbons (Fsp3) is 0.500. The zero-order chi connectivity index (χ0) is 14.3. The van der Waals surface area contributed by atoms with Gasteiger partial charge in [0.2, 0.25) is 5.91 Å². The molecule has 1 aromatic rings. The normalized spacial score (nSPS) is 13.6. The van der Waals surface area contributed by atoms with E-state index in [0.29, 0.717) is 24.8 Å². The van der Waals surface area contributed by atoms with Gasteiger partial charge in [0.05, 0.1) is 6.07 Å². The minimum atomic E-state index is -0.609. The van der Waals surface area contributed by atoms with Gasteiger partial charge in [-0.25, -0.2) is 0 Å². The van der Waals surface area contributed by atoms with Crippen molar-refractivity contribution < 1.29 is 4.79 Å². The molecule has 0 aromatic heterocycles. The molecule has 0 bridgehead atoms. The van der Waals surface area contributed by atoms with E-state index in [1.165, 1.54) is 0 Å². The topological polar surface area (TPSA) is 52.9 Å². The monoisotopic (exact) mass is 258 g/mol. The summed E-state index contributed by atoms with van der Waals surface area (Å²) < 4.78 is 0. The Kier molecular flexibility index (Phi) is 6.08. The molecule has 1 amide bonds. The van der Waals surface area contributed by atoms with Crippen molar-refractivity contribution in [2.24, 2.45) is 17.8 Å². The predicted octanol–water partition coefficient (Wildman–Crippen LogP) is 2.78. The van der Waals surface area contributed by atoms with Crippen LogP contribution >= 0.6 is 0 Å². The second kappa shape index (κ2) is 7.58. The maximum atomic E-state index is 12.0. The molecule has 0 radical (unpaired) electrons. The second-order valence-electron chi connectivity index (χ2n) is 5.34. The van der Waals surface area contributed by atoms with Crippen LogP contribution in [-0.2, 0) is 11.2 Å². The SMILES string of the molecule is CC(C)C(C)CNC(=O)C(C#N)Cc1ccccc1. The molecule has 0 aliphatic rings. The molecule has 102 valence electrons. The van der Waals surface area contributed by atoms with Crippen LogP contribution in [0.2, 0.25) is 0 Å². The lowest BCUT2D eigenvalue weighted by molar-refractivity contribution is -0.123. The maximum Gasteiger partial charge on any atom is 0.237 e. The van der Waals surface area contributed by atoms with Crippen LogP contribution in [0.4, 0.5) is 0 Å². The fourth-order valence-electron chi connectivity index (χ4n) is 1.67. The van der Waals surface area contributed by atoms with Gasteiger partial charge in [-0.3, -0.25) is 4.79 Å². The van der Waals surface area contributed by atoms with E-state index in [0.717, 1.165) is 5.56 Å². The van der Waals surface area contributed by atoms with Crippen LogP contribution in [0.15, 0.2) is 30.3 Å². The number of nitrogens with zero attached hydrogens (tertiary/aromatic N) is 1. The van der Waals surface area contributed by atoms with E-state index < -0.39 is 5.92 Å². The van der Waals surface area contributed by atoms with Crippen LogP contribution in [0.3, 0.4) is 0 Å². The summed E-state index contributed by atoms with van der Waals surface area (Å²) in [7, 11) is 0. The van der Waals surface area contributed by atoms with Gasteiger partial charge in [0.25, 0.3) is 0 Å². The molecule has 2 atom stereocenters. The van der Waals surface area contributed by atoms with Gasteiger partial charge in [0.15, 0.2) is 0 Å². The fourth-order valence-corrected chi connectivity index (χ4v) is 1.67. The molecule has 3 nitrogen and oxygen atoms in total. The number of benzene rings is 1. The van der Waals surface area contributed by atoms with Crippen molar-refractivity contribution in [1.29, 1.82) is 5.26 Å². The predicted molar refractivity (Wildman–Crippen MR) is 76.3 cm³/mol. The van der Waals surface area contributed by atoms with E-state index in [1.54, 1.807) is 0 Å². The van der Waals surface area contributed by atoms with Gasteiger partial charge in [-0.2, -0.15) is 5.26 Å². The first-order valence-electron chi connectivity index (χ1n) is 6.75. The van der Waals surface area contributed by atoms with Gasteiger partial charge in [-0.1, -0.05) is 51.1 Å². The number of hydrogen-bond acceptors (Lipinski definition) is 2. The lowest BCUT2D eigenvalue weighted by Crippen LogP contribution is -2.35. The van der Waals surface area contributed by atoms with Crippen molar-refractivity contribution >= 4 is 5.91 Å². The summed E-state index contributed by atoms with van der Waals surface area (Å²) in [5.41, 5.74) is 1.01. The molecule has 0 aliphatic heterocycles. The third-order valence-electron chi connectivity index (χ3n) is 3.49. The quantitative estimate of drug-likeness (QED) is 0.853. The molecule has 0 fully saturated rings. The molecular formula is C16H22N2O. The molecule has 2 unspecified atom stereocenters. The standard InChI is InChI=1S/C16H22N2O/c1-12(2)13(3)11-18-16(19)15(10-17)9-14-7-5-4-6-8-14/h4-8,12-13,15H,9,11H2,1-3H3,(H,18,19). The van der Waals surface area contributed by atoms with Crippen LogP contribution in [0.25, 0.3) is 0 Å². The molecule has 3 heteroatoms. The van der Waals surface area contributed by atoms with E-state index in [-0.39, 0.29) is 5.91 Å². The zero-order valence-corrected chi connectivity index (χ0v) is 11.9. The van der Waals surface area contributed by atoms with Gasteiger partial charge in [0, 0.05) is 6.54 Å². The molecule has 0 saturated carbocycles. The molecule has 0 saturated heterocycles. The van der Waals surface area contributed by atoms with Crippen LogP contribution in [0.1, 0.15) is 26.3 Å². The third kappa shape index (κ3) is 5.13.